The lowest BCUT2D eigenvalue weighted by Gasteiger charge is -2.30. The molecule has 1 aromatic rings. The van der Waals surface area contributed by atoms with E-state index in [0.717, 1.165) is 25.9 Å². The average molecular weight is 376 g/mol. The molecular weight excluding hydrogens is 353 g/mol. The number of fused-ring (bicyclic) bond motifs is 1. The maximum atomic E-state index is 12.7. The van der Waals surface area contributed by atoms with Crippen molar-refractivity contribution in [2.75, 3.05) is 32.5 Å². The molecule has 8 heteroatoms. The number of nitrogens with two attached hydrogens (primary N) is 1. The number of hydrogen-bond donors (Lipinski definition) is 2. The van der Waals surface area contributed by atoms with E-state index in [-0.39, 0.29) is 30.5 Å². The van der Waals surface area contributed by atoms with Gasteiger partial charge in [-0.2, -0.15) is 0 Å². The largest absolute Gasteiger partial charge is 0.485 e. The van der Waals surface area contributed by atoms with E-state index in [2.05, 4.69) is 17.3 Å². The van der Waals surface area contributed by atoms with Crippen LogP contribution in [-0.2, 0) is 0 Å². The van der Waals surface area contributed by atoms with Crippen molar-refractivity contribution in [3.05, 3.63) is 16.7 Å². The summed E-state index contributed by atoms with van der Waals surface area (Å²) in [5.74, 6) is 0.552. The highest BCUT2D eigenvalue weighted by molar-refractivity contribution is 6.34. The Morgan fingerprint density at radius 1 is 1.38 bits per heavy atom. The SMILES string of the molecule is CC1COc2c(C(=O)NC3CCN(C)CC3)cc(Cl)c(N)c2O1.Cl. The number of carbonyl (C=O) groups excluding carboxylic acids is 1. The molecule has 0 bridgehead atoms. The molecule has 1 atom stereocenters. The summed E-state index contributed by atoms with van der Waals surface area (Å²) in [6.07, 6.45) is 1.73. The first-order valence-corrected chi connectivity index (χ1v) is 8.24. The number of nitrogens with zero attached hydrogens (tertiary/aromatic N) is 1. The van der Waals surface area contributed by atoms with Crippen LogP contribution in [0.1, 0.15) is 30.1 Å². The maximum absolute atomic E-state index is 12.7. The molecule has 1 saturated heterocycles. The summed E-state index contributed by atoms with van der Waals surface area (Å²) in [6, 6.07) is 1.72. The molecule has 0 spiro atoms. The van der Waals surface area contributed by atoms with Crippen molar-refractivity contribution in [3.63, 3.8) is 0 Å². The number of piperidine rings is 1. The van der Waals surface area contributed by atoms with Crippen molar-refractivity contribution >= 4 is 35.6 Å². The molecule has 3 rings (SSSR count). The standard InChI is InChI=1S/C16H22ClN3O3.ClH/c1-9-8-22-14-11(7-12(17)13(18)15(14)23-9)16(21)19-10-3-5-20(2)6-4-10;/h7,9-10H,3-6,8,18H2,1-2H3,(H,19,21);1H. The van der Waals surface area contributed by atoms with Crippen LogP contribution in [0.25, 0.3) is 0 Å². The van der Waals surface area contributed by atoms with E-state index in [1.165, 1.54) is 0 Å². The van der Waals surface area contributed by atoms with Crippen molar-refractivity contribution in [1.29, 1.82) is 0 Å². The Hall–Kier alpha value is -1.37. The summed E-state index contributed by atoms with van der Waals surface area (Å²) in [4.78, 5) is 14.9. The Morgan fingerprint density at radius 3 is 2.71 bits per heavy atom. The Morgan fingerprint density at radius 2 is 2.04 bits per heavy atom. The quantitative estimate of drug-likeness (QED) is 0.775. The van der Waals surface area contributed by atoms with Gasteiger partial charge in [-0.25, -0.2) is 0 Å². The fraction of sp³-hybridized carbons (Fsp3) is 0.562. The van der Waals surface area contributed by atoms with Gasteiger partial charge in [0.25, 0.3) is 5.91 Å². The minimum atomic E-state index is -0.198. The molecule has 6 nitrogen and oxygen atoms in total. The van der Waals surface area contributed by atoms with Crippen LogP contribution < -0.4 is 20.5 Å². The highest BCUT2D eigenvalue weighted by atomic mass is 35.5. The molecule has 24 heavy (non-hydrogen) atoms. The molecular formula is C16H23Cl2N3O3. The van der Waals surface area contributed by atoms with Gasteiger partial charge >= 0.3 is 0 Å². The summed E-state index contributed by atoms with van der Waals surface area (Å²) in [6.45, 7) is 4.20. The van der Waals surface area contributed by atoms with Crippen LogP contribution in [0.5, 0.6) is 11.5 Å². The summed E-state index contributed by atoms with van der Waals surface area (Å²) in [5.41, 5.74) is 6.65. The first-order valence-electron chi connectivity index (χ1n) is 7.86. The number of ether oxygens (including phenoxy) is 2. The first kappa shape index (κ1) is 19.0. The molecule has 2 heterocycles. The molecule has 1 aromatic carbocycles. The fourth-order valence-electron chi connectivity index (χ4n) is 2.90. The van der Waals surface area contributed by atoms with Crippen LogP contribution in [0.4, 0.5) is 5.69 Å². The second-order valence-corrected chi connectivity index (χ2v) is 6.68. The van der Waals surface area contributed by atoms with Gasteiger partial charge in [-0.1, -0.05) is 11.6 Å². The number of nitrogen functional groups attached to an aromatic ring is 1. The topological polar surface area (TPSA) is 76.8 Å². The Kier molecular flexibility index (Phi) is 6.06. The minimum Gasteiger partial charge on any atom is -0.485 e. The van der Waals surface area contributed by atoms with E-state index in [1.54, 1.807) is 6.07 Å². The van der Waals surface area contributed by atoms with E-state index in [4.69, 9.17) is 26.8 Å². The smallest absolute Gasteiger partial charge is 0.255 e. The predicted octanol–water partition coefficient (Wildman–Crippen LogP) is 2.33. The van der Waals surface area contributed by atoms with Crippen molar-refractivity contribution in [3.8, 4) is 11.5 Å². The van der Waals surface area contributed by atoms with E-state index >= 15 is 0 Å². The second-order valence-electron chi connectivity index (χ2n) is 6.27. The number of benzene rings is 1. The molecule has 1 unspecified atom stereocenters. The number of anilines is 1. The summed E-state index contributed by atoms with van der Waals surface area (Å²) in [5, 5.41) is 3.36. The number of carbonyl (C=O) groups is 1. The van der Waals surface area contributed by atoms with Crippen molar-refractivity contribution in [1.82, 2.24) is 10.2 Å². The molecule has 2 aliphatic rings. The lowest BCUT2D eigenvalue weighted by molar-refractivity contribution is 0.0874. The lowest BCUT2D eigenvalue weighted by atomic mass is 10.0. The van der Waals surface area contributed by atoms with Crippen LogP contribution in [0, 0.1) is 0 Å². The van der Waals surface area contributed by atoms with Crippen LogP contribution in [-0.4, -0.2) is 49.7 Å². The molecule has 0 saturated carbocycles. The minimum absolute atomic E-state index is 0. The summed E-state index contributed by atoms with van der Waals surface area (Å²) in [7, 11) is 2.08. The van der Waals surface area contributed by atoms with Gasteiger partial charge in [-0.05, 0) is 46.0 Å². The van der Waals surface area contributed by atoms with Crippen LogP contribution >= 0.6 is 24.0 Å². The number of rotatable bonds is 2. The van der Waals surface area contributed by atoms with Crippen molar-refractivity contribution in [2.45, 2.75) is 31.9 Å². The Bertz CT molecular complexity index is 619. The highest BCUT2D eigenvalue weighted by Gasteiger charge is 2.29. The first-order chi connectivity index (χ1) is 11.0. The van der Waals surface area contributed by atoms with Crippen LogP contribution in [0.3, 0.4) is 0 Å². The lowest BCUT2D eigenvalue weighted by Crippen LogP contribution is -2.43. The zero-order valence-corrected chi connectivity index (χ0v) is 15.4. The third-order valence-electron chi connectivity index (χ3n) is 4.30. The van der Waals surface area contributed by atoms with E-state index < -0.39 is 0 Å². The number of amides is 1. The van der Waals surface area contributed by atoms with Crippen molar-refractivity contribution < 1.29 is 14.3 Å². The molecule has 3 N–H and O–H groups in total. The summed E-state index contributed by atoms with van der Waals surface area (Å²) < 4.78 is 11.4. The van der Waals surface area contributed by atoms with E-state index in [1.807, 2.05) is 6.92 Å². The average Bonchev–Trinajstić information content (AvgIpc) is 2.53. The zero-order chi connectivity index (χ0) is 16.6. The normalized spacial score (nSPS) is 21.0. The maximum Gasteiger partial charge on any atom is 0.255 e. The zero-order valence-electron chi connectivity index (χ0n) is 13.8. The number of nitrogens with one attached hydrogen (secondary N) is 1. The fourth-order valence-corrected chi connectivity index (χ4v) is 3.10. The molecule has 134 valence electrons. The van der Waals surface area contributed by atoms with Crippen molar-refractivity contribution in [2.24, 2.45) is 0 Å². The monoisotopic (exact) mass is 375 g/mol. The molecule has 0 aliphatic carbocycles. The molecule has 1 amide bonds. The highest BCUT2D eigenvalue weighted by Crippen LogP contribution is 2.44. The molecule has 0 aromatic heterocycles. The van der Waals surface area contributed by atoms with Gasteiger partial charge in [-0.15, -0.1) is 12.4 Å². The van der Waals surface area contributed by atoms with E-state index in [9.17, 15) is 4.79 Å². The van der Waals surface area contributed by atoms with Gasteiger partial charge in [0.05, 0.1) is 16.3 Å². The van der Waals surface area contributed by atoms with Gasteiger partial charge in [0.1, 0.15) is 12.7 Å². The molecule has 2 aliphatic heterocycles. The second kappa shape index (κ2) is 7.68. The van der Waals surface area contributed by atoms with Gasteiger partial charge in [0, 0.05) is 6.04 Å². The van der Waals surface area contributed by atoms with E-state index in [0.29, 0.717) is 34.4 Å². The van der Waals surface area contributed by atoms with Gasteiger partial charge in [0.15, 0.2) is 11.5 Å². The number of halogens is 2. The van der Waals surface area contributed by atoms with Crippen LogP contribution in [0.15, 0.2) is 6.07 Å². The Labute approximate surface area is 153 Å². The third-order valence-corrected chi connectivity index (χ3v) is 4.62. The predicted molar refractivity (Wildman–Crippen MR) is 96.7 cm³/mol. The molecule has 1 fully saturated rings. The van der Waals surface area contributed by atoms with Gasteiger partial charge in [-0.3, -0.25) is 4.79 Å². The Balaban J connectivity index is 0.00000208. The number of hydrogen-bond acceptors (Lipinski definition) is 5. The van der Waals surface area contributed by atoms with Gasteiger partial charge in [0.2, 0.25) is 0 Å². The third kappa shape index (κ3) is 3.82. The summed E-state index contributed by atoms with van der Waals surface area (Å²) >= 11 is 6.16. The number of likely N-dealkylation sites (tertiary alicyclic amines) is 1. The van der Waals surface area contributed by atoms with Gasteiger partial charge < -0.3 is 25.4 Å². The van der Waals surface area contributed by atoms with Crippen LogP contribution in [0.2, 0.25) is 5.02 Å². The molecule has 0 radical (unpaired) electrons.